The van der Waals surface area contributed by atoms with E-state index in [1.54, 1.807) is 6.08 Å². The molecule has 1 aliphatic heterocycles. The van der Waals surface area contributed by atoms with Crippen LogP contribution >= 0.6 is 0 Å². The first-order valence-electron chi connectivity index (χ1n) is 6.02. The van der Waals surface area contributed by atoms with E-state index in [9.17, 15) is 9.59 Å². The number of likely N-dealkylation sites (N-methyl/N-ethyl adjacent to an activating group) is 1. The van der Waals surface area contributed by atoms with E-state index < -0.39 is 0 Å². The molecule has 1 heterocycles. The van der Waals surface area contributed by atoms with Crippen LogP contribution in [-0.2, 0) is 9.59 Å². The number of imide groups is 1. The van der Waals surface area contributed by atoms with Gasteiger partial charge in [-0.15, -0.1) is 0 Å². The lowest BCUT2D eigenvalue weighted by Gasteiger charge is -2.11. The largest absolute Gasteiger partial charge is 0.278 e. The predicted octanol–water partition coefficient (Wildman–Crippen LogP) is 2.68. The third-order valence-electron chi connectivity index (χ3n) is 2.67. The summed E-state index contributed by atoms with van der Waals surface area (Å²) in [5, 5.41) is 0. The molecule has 1 rings (SSSR count). The highest BCUT2D eigenvalue weighted by Crippen LogP contribution is 2.26. The summed E-state index contributed by atoms with van der Waals surface area (Å²) < 4.78 is 0. The van der Waals surface area contributed by atoms with E-state index in [0.29, 0.717) is 17.6 Å². The summed E-state index contributed by atoms with van der Waals surface area (Å²) in [5.74, 6) is -0.329. The van der Waals surface area contributed by atoms with Crippen LogP contribution in [0.5, 0.6) is 0 Å². The van der Waals surface area contributed by atoms with Gasteiger partial charge >= 0.3 is 0 Å². The molecule has 0 bridgehead atoms. The van der Waals surface area contributed by atoms with E-state index in [-0.39, 0.29) is 17.2 Å². The minimum atomic E-state index is -0.182. The zero-order valence-electron chi connectivity index (χ0n) is 11.3. The maximum atomic E-state index is 11.9. The summed E-state index contributed by atoms with van der Waals surface area (Å²) >= 11 is 0. The van der Waals surface area contributed by atoms with Gasteiger partial charge in [0.2, 0.25) is 0 Å². The number of rotatable bonds is 3. The Morgan fingerprint density at radius 2 is 1.76 bits per heavy atom. The second kappa shape index (κ2) is 4.86. The molecular formula is C14H21NO2. The van der Waals surface area contributed by atoms with Gasteiger partial charge < -0.3 is 0 Å². The van der Waals surface area contributed by atoms with E-state index in [2.05, 4.69) is 20.8 Å². The fourth-order valence-electron chi connectivity index (χ4n) is 1.72. The highest BCUT2D eigenvalue weighted by Gasteiger charge is 2.33. The SMILES string of the molecule is CCCC1=C(/C=C/C(C)(C)C)C(=O)N(C)C1=O. The highest BCUT2D eigenvalue weighted by molar-refractivity contribution is 6.20. The fraction of sp³-hybridized carbons (Fsp3) is 0.571. The lowest BCUT2D eigenvalue weighted by molar-refractivity contribution is -0.135. The van der Waals surface area contributed by atoms with E-state index >= 15 is 0 Å². The number of amides is 2. The monoisotopic (exact) mass is 235 g/mol. The van der Waals surface area contributed by atoms with E-state index in [0.717, 1.165) is 6.42 Å². The van der Waals surface area contributed by atoms with Crippen molar-refractivity contribution < 1.29 is 9.59 Å². The molecule has 3 nitrogen and oxygen atoms in total. The zero-order valence-corrected chi connectivity index (χ0v) is 11.3. The molecule has 0 saturated carbocycles. The van der Waals surface area contributed by atoms with Crippen LogP contribution < -0.4 is 0 Å². The number of carbonyl (C=O) groups excluding carboxylic acids is 2. The quantitative estimate of drug-likeness (QED) is 0.705. The molecule has 0 aromatic heterocycles. The van der Waals surface area contributed by atoms with Crippen molar-refractivity contribution in [2.24, 2.45) is 5.41 Å². The number of carbonyl (C=O) groups is 2. The van der Waals surface area contributed by atoms with E-state index in [1.807, 2.05) is 13.0 Å². The third-order valence-corrected chi connectivity index (χ3v) is 2.67. The Balaban J connectivity index is 3.10. The molecule has 0 saturated heterocycles. The molecule has 0 fully saturated rings. The van der Waals surface area contributed by atoms with Crippen LogP contribution in [0.2, 0.25) is 0 Å². The topological polar surface area (TPSA) is 37.4 Å². The zero-order chi connectivity index (χ0) is 13.2. The van der Waals surface area contributed by atoms with Crippen molar-refractivity contribution in [1.29, 1.82) is 0 Å². The maximum Gasteiger partial charge on any atom is 0.260 e. The maximum absolute atomic E-state index is 11.9. The molecule has 2 amide bonds. The number of hydrogen-bond acceptors (Lipinski definition) is 2. The van der Waals surface area contributed by atoms with Crippen LogP contribution in [0.4, 0.5) is 0 Å². The van der Waals surface area contributed by atoms with Crippen molar-refractivity contribution in [2.45, 2.75) is 40.5 Å². The van der Waals surface area contributed by atoms with Crippen LogP contribution in [-0.4, -0.2) is 23.8 Å². The van der Waals surface area contributed by atoms with Crippen molar-refractivity contribution in [3.05, 3.63) is 23.3 Å². The summed E-state index contributed by atoms with van der Waals surface area (Å²) in [4.78, 5) is 25.0. The van der Waals surface area contributed by atoms with Gasteiger partial charge in [0.1, 0.15) is 0 Å². The van der Waals surface area contributed by atoms with Gasteiger partial charge in [-0.1, -0.05) is 46.3 Å². The first-order chi connectivity index (χ1) is 7.78. The Labute approximate surface area is 103 Å². The molecule has 1 aliphatic rings. The summed E-state index contributed by atoms with van der Waals surface area (Å²) in [6, 6.07) is 0. The molecule has 0 aliphatic carbocycles. The summed E-state index contributed by atoms with van der Waals surface area (Å²) in [5.41, 5.74) is 1.23. The summed E-state index contributed by atoms with van der Waals surface area (Å²) in [7, 11) is 1.54. The Kier molecular flexibility index (Phi) is 3.91. The van der Waals surface area contributed by atoms with Crippen LogP contribution in [0.15, 0.2) is 23.3 Å². The van der Waals surface area contributed by atoms with Crippen molar-refractivity contribution in [2.75, 3.05) is 7.05 Å². The second-order valence-corrected chi connectivity index (χ2v) is 5.51. The Hall–Kier alpha value is -1.38. The number of nitrogens with zero attached hydrogens (tertiary/aromatic N) is 1. The molecule has 0 atom stereocenters. The van der Waals surface area contributed by atoms with Gasteiger partial charge in [-0.3, -0.25) is 14.5 Å². The number of hydrogen-bond donors (Lipinski definition) is 0. The molecule has 3 heteroatoms. The minimum absolute atomic E-state index is 0.00874. The second-order valence-electron chi connectivity index (χ2n) is 5.51. The molecule has 0 N–H and O–H groups in total. The average Bonchev–Trinajstić information content (AvgIpc) is 2.41. The standard InChI is InChI=1S/C14H21NO2/c1-6-7-10-11(8-9-14(2,3)4)13(17)15(5)12(10)16/h8-9H,6-7H2,1-5H3/b9-8+. The van der Waals surface area contributed by atoms with E-state index in [4.69, 9.17) is 0 Å². The van der Waals surface area contributed by atoms with Crippen molar-refractivity contribution >= 4 is 11.8 Å². The van der Waals surface area contributed by atoms with E-state index in [1.165, 1.54) is 11.9 Å². The highest BCUT2D eigenvalue weighted by atomic mass is 16.2. The molecular weight excluding hydrogens is 214 g/mol. The normalized spacial score (nSPS) is 17.8. The minimum Gasteiger partial charge on any atom is -0.278 e. The smallest absolute Gasteiger partial charge is 0.260 e. The summed E-state index contributed by atoms with van der Waals surface area (Å²) in [6.07, 6.45) is 5.31. The van der Waals surface area contributed by atoms with Gasteiger partial charge in [0.25, 0.3) is 11.8 Å². The Morgan fingerprint density at radius 3 is 2.24 bits per heavy atom. The van der Waals surface area contributed by atoms with Gasteiger partial charge in [-0.05, 0) is 11.8 Å². The first-order valence-corrected chi connectivity index (χ1v) is 6.02. The number of allylic oxidation sites excluding steroid dienone is 1. The van der Waals surface area contributed by atoms with Crippen molar-refractivity contribution in [3.8, 4) is 0 Å². The van der Waals surface area contributed by atoms with Crippen LogP contribution in [0.1, 0.15) is 40.5 Å². The first kappa shape index (κ1) is 13.7. The van der Waals surface area contributed by atoms with Crippen LogP contribution in [0.3, 0.4) is 0 Å². The van der Waals surface area contributed by atoms with Gasteiger partial charge in [0.15, 0.2) is 0 Å². The summed E-state index contributed by atoms with van der Waals surface area (Å²) in [6.45, 7) is 8.20. The third kappa shape index (κ3) is 3.05. The molecule has 0 unspecified atom stereocenters. The molecule has 0 aromatic carbocycles. The average molecular weight is 235 g/mol. The van der Waals surface area contributed by atoms with Crippen LogP contribution in [0, 0.1) is 5.41 Å². The van der Waals surface area contributed by atoms with Gasteiger partial charge in [0, 0.05) is 18.2 Å². The predicted molar refractivity (Wildman–Crippen MR) is 68.3 cm³/mol. The molecule has 17 heavy (non-hydrogen) atoms. The molecule has 0 aromatic rings. The Morgan fingerprint density at radius 1 is 1.18 bits per heavy atom. The lowest BCUT2D eigenvalue weighted by Crippen LogP contribution is -2.26. The Bertz CT molecular complexity index is 397. The molecule has 0 spiro atoms. The van der Waals surface area contributed by atoms with Gasteiger partial charge in [-0.25, -0.2) is 0 Å². The lowest BCUT2D eigenvalue weighted by atomic mass is 9.94. The fourth-order valence-corrected chi connectivity index (χ4v) is 1.72. The molecule has 0 radical (unpaired) electrons. The van der Waals surface area contributed by atoms with Crippen molar-refractivity contribution in [3.63, 3.8) is 0 Å². The molecule has 94 valence electrons. The van der Waals surface area contributed by atoms with Crippen molar-refractivity contribution in [1.82, 2.24) is 4.90 Å². The van der Waals surface area contributed by atoms with Crippen LogP contribution in [0.25, 0.3) is 0 Å². The van der Waals surface area contributed by atoms with Gasteiger partial charge in [0.05, 0.1) is 0 Å². The van der Waals surface area contributed by atoms with Gasteiger partial charge in [-0.2, -0.15) is 0 Å².